The summed E-state index contributed by atoms with van der Waals surface area (Å²) < 4.78 is 0. The van der Waals surface area contributed by atoms with E-state index >= 15 is 0 Å². The van der Waals surface area contributed by atoms with Crippen LogP contribution in [0.3, 0.4) is 0 Å². The smallest absolute Gasteiger partial charge is 0.0361 e. The molecular weight excluding hydrogens is 252 g/mol. The van der Waals surface area contributed by atoms with E-state index < -0.39 is 0 Å². The third kappa shape index (κ3) is 3.58. The highest BCUT2D eigenvalue weighted by Crippen LogP contribution is 2.19. The highest BCUT2D eigenvalue weighted by atomic mass is 32.1. The fourth-order valence-corrected chi connectivity index (χ4v) is 2.87. The normalized spacial score (nSPS) is 12.4. The molecule has 1 heterocycles. The molecule has 0 amide bonds. The minimum atomic E-state index is 0.371. The van der Waals surface area contributed by atoms with Crippen LogP contribution in [0.4, 0.5) is 5.69 Å². The number of rotatable bonds is 5. The van der Waals surface area contributed by atoms with Crippen LogP contribution in [-0.2, 0) is 6.54 Å². The highest BCUT2D eigenvalue weighted by molar-refractivity contribution is 7.08. The van der Waals surface area contributed by atoms with Crippen molar-refractivity contribution in [3.05, 3.63) is 51.7 Å². The molecule has 0 aliphatic heterocycles. The van der Waals surface area contributed by atoms with E-state index in [1.165, 1.54) is 22.4 Å². The van der Waals surface area contributed by atoms with Gasteiger partial charge in [0.15, 0.2) is 0 Å². The van der Waals surface area contributed by atoms with Gasteiger partial charge in [0, 0.05) is 32.4 Å². The van der Waals surface area contributed by atoms with E-state index in [0.29, 0.717) is 6.04 Å². The molecule has 2 aromatic rings. The molecule has 2 rings (SSSR count). The lowest BCUT2D eigenvalue weighted by molar-refractivity contribution is 0.574. The van der Waals surface area contributed by atoms with Gasteiger partial charge in [0.2, 0.25) is 0 Å². The zero-order chi connectivity index (χ0) is 13.8. The van der Waals surface area contributed by atoms with Crippen molar-refractivity contribution in [3.63, 3.8) is 0 Å². The van der Waals surface area contributed by atoms with Gasteiger partial charge >= 0.3 is 0 Å². The first-order chi connectivity index (χ1) is 9.08. The van der Waals surface area contributed by atoms with Gasteiger partial charge in [0.25, 0.3) is 0 Å². The van der Waals surface area contributed by atoms with Gasteiger partial charge < -0.3 is 10.2 Å². The number of hydrogen-bond acceptors (Lipinski definition) is 3. The predicted molar refractivity (Wildman–Crippen MR) is 85.1 cm³/mol. The van der Waals surface area contributed by atoms with E-state index in [9.17, 15) is 0 Å². The summed E-state index contributed by atoms with van der Waals surface area (Å²) in [7, 11) is 4.13. The molecule has 1 aromatic heterocycles. The van der Waals surface area contributed by atoms with Crippen LogP contribution in [0.15, 0.2) is 35.0 Å². The van der Waals surface area contributed by atoms with E-state index in [-0.39, 0.29) is 0 Å². The molecule has 0 radical (unpaired) electrons. The van der Waals surface area contributed by atoms with Crippen molar-refractivity contribution in [1.29, 1.82) is 0 Å². The molecule has 0 bridgehead atoms. The zero-order valence-corrected chi connectivity index (χ0v) is 12.9. The monoisotopic (exact) mass is 274 g/mol. The summed E-state index contributed by atoms with van der Waals surface area (Å²) in [6.45, 7) is 5.32. The Kier molecular flexibility index (Phi) is 4.61. The van der Waals surface area contributed by atoms with Gasteiger partial charge in [0.05, 0.1) is 0 Å². The third-order valence-corrected chi connectivity index (χ3v) is 4.38. The van der Waals surface area contributed by atoms with E-state index in [2.05, 4.69) is 73.2 Å². The van der Waals surface area contributed by atoms with Crippen molar-refractivity contribution in [1.82, 2.24) is 5.32 Å². The molecule has 0 aliphatic carbocycles. The fraction of sp³-hybridized carbons (Fsp3) is 0.375. The zero-order valence-electron chi connectivity index (χ0n) is 12.1. The molecule has 0 fully saturated rings. The maximum absolute atomic E-state index is 3.58. The molecule has 1 aromatic carbocycles. The largest absolute Gasteiger partial charge is 0.378 e. The summed E-state index contributed by atoms with van der Waals surface area (Å²) in [6.07, 6.45) is 0. The Morgan fingerprint density at radius 3 is 2.37 bits per heavy atom. The first-order valence-corrected chi connectivity index (χ1v) is 7.54. The summed E-state index contributed by atoms with van der Waals surface area (Å²) in [4.78, 5) is 2.12. The number of benzene rings is 1. The number of nitrogens with one attached hydrogen (secondary N) is 1. The van der Waals surface area contributed by atoms with E-state index in [1.807, 2.05) is 0 Å². The summed E-state index contributed by atoms with van der Waals surface area (Å²) >= 11 is 1.77. The molecule has 1 atom stereocenters. The number of anilines is 1. The molecule has 0 saturated carbocycles. The number of hydrogen-bond donors (Lipinski definition) is 1. The number of thiophene rings is 1. The highest BCUT2D eigenvalue weighted by Gasteiger charge is 2.06. The Morgan fingerprint density at radius 2 is 1.84 bits per heavy atom. The first-order valence-electron chi connectivity index (χ1n) is 6.60. The molecule has 102 valence electrons. The van der Waals surface area contributed by atoms with Crippen LogP contribution in [0.1, 0.15) is 29.7 Å². The van der Waals surface area contributed by atoms with Gasteiger partial charge in [-0.1, -0.05) is 12.1 Å². The minimum absolute atomic E-state index is 0.371. The Balaban J connectivity index is 1.96. The Labute approximate surface area is 120 Å². The predicted octanol–water partition coefficient (Wildman–Crippen LogP) is 3.97. The van der Waals surface area contributed by atoms with Crippen LogP contribution in [0.25, 0.3) is 0 Å². The quantitative estimate of drug-likeness (QED) is 0.887. The van der Waals surface area contributed by atoms with Crippen molar-refractivity contribution in [2.24, 2.45) is 0 Å². The van der Waals surface area contributed by atoms with Gasteiger partial charge in [-0.05, 0) is 53.4 Å². The summed E-state index contributed by atoms with van der Waals surface area (Å²) in [6, 6.07) is 9.11. The second kappa shape index (κ2) is 6.22. The number of aryl methyl sites for hydroxylation is 1. The van der Waals surface area contributed by atoms with Crippen molar-refractivity contribution in [2.45, 2.75) is 26.4 Å². The van der Waals surface area contributed by atoms with Gasteiger partial charge in [-0.3, -0.25) is 0 Å². The maximum Gasteiger partial charge on any atom is 0.0361 e. The molecule has 1 N–H and O–H groups in total. The molecule has 0 aliphatic rings. The van der Waals surface area contributed by atoms with Crippen LogP contribution in [0.2, 0.25) is 0 Å². The minimum Gasteiger partial charge on any atom is -0.378 e. The van der Waals surface area contributed by atoms with Crippen LogP contribution in [-0.4, -0.2) is 14.1 Å². The van der Waals surface area contributed by atoms with Gasteiger partial charge in [-0.15, -0.1) is 0 Å². The average Bonchev–Trinajstić information content (AvgIpc) is 2.81. The first kappa shape index (κ1) is 14.1. The lowest BCUT2D eigenvalue weighted by Crippen LogP contribution is -2.18. The van der Waals surface area contributed by atoms with Crippen LogP contribution in [0.5, 0.6) is 0 Å². The van der Waals surface area contributed by atoms with E-state index in [1.54, 1.807) is 11.3 Å². The molecule has 2 nitrogen and oxygen atoms in total. The standard InChI is InChI=1S/C16H22N2S/c1-12-10-19-11-15(12)9-17-13(2)14-5-7-16(8-6-14)18(3)4/h5-8,10-11,13,17H,9H2,1-4H3. The fourth-order valence-electron chi connectivity index (χ4n) is 2.01. The second-order valence-corrected chi connectivity index (χ2v) is 5.91. The lowest BCUT2D eigenvalue weighted by Gasteiger charge is -2.17. The second-order valence-electron chi connectivity index (χ2n) is 5.17. The van der Waals surface area contributed by atoms with Crippen molar-refractivity contribution in [2.75, 3.05) is 19.0 Å². The topological polar surface area (TPSA) is 15.3 Å². The van der Waals surface area contributed by atoms with Crippen molar-refractivity contribution >= 4 is 17.0 Å². The summed E-state index contributed by atoms with van der Waals surface area (Å²) in [5, 5.41) is 8.01. The average molecular weight is 274 g/mol. The maximum atomic E-state index is 3.58. The Hall–Kier alpha value is -1.32. The van der Waals surface area contributed by atoms with Crippen molar-refractivity contribution in [3.8, 4) is 0 Å². The van der Waals surface area contributed by atoms with Crippen LogP contribution < -0.4 is 10.2 Å². The lowest BCUT2D eigenvalue weighted by atomic mass is 10.1. The molecule has 0 spiro atoms. The molecular formula is C16H22N2S. The van der Waals surface area contributed by atoms with E-state index in [0.717, 1.165) is 6.54 Å². The molecule has 3 heteroatoms. The summed E-state index contributed by atoms with van der Waals surface area (Å²) in [5.41, 5.74) is 5.36. The SMILES string of the molecule is Cc1cscc1CNC(C)c1ccc(N(C)C)cc1. The number of nitrogens with zero attached hydrogens (tertiary/aromatic N) is 1. The van der Waals surface area contributed by atoms with Gasteiger partial charge in [-0.25, -0.2) is 0 Å². The summed E-state index contributed by atoms with van der Waals surface area (Å²) in [5.74, 6) is 0. The third-order valence-electron chi connectivity index (χ3n) is 3.47. The Morgan fingerprint density at radius 1 is 1.16 bits per heavy atom. The van der Waals surface area contributed by atoms with Crippen LogP contribution in [0, 0.1) is 6.92 Å². The van der Waals surface area contributed by atoms with Crippen LogP contribution >= 0.6 is 11.3 Å². The molecule has 1 unspecified atom stereocenters. The van der Waals surface area contributed by atoms with Gasteiger partial charge in [0.1, 0.15) is 0 Å². The Bertz CT molecular complexity index is 514. The van der Waals surface area contributed by atoms with Crippen molar-refractivity contribution < 1.29 is 0 Å². The van der Waals surface area contributed by atoms with Gasteiger partial charge in [-0.2, -0.15) is 11.3 Å². The molecule has 19 heavy (non-hydrogen) atoms. The van der Waals surface area contributed by atoms with E-state index in [4.69, 9.17) is 0 Å². The molecule has 0 saturated heterocycles.